The molecule has 32 heavy (non-hydrogen) atoms. The summed E-state index contributed by atoms with van der Waals surface area (Å²) < 4.78 is 31.2. The average molecular weight is 501 g/mol. The molecule has 1 aliphatic heterocycles. The van der Waals surface area contributed by atoms with Crippen LogP contribution in [0.4, 0.5) is 5.69 Å². The van der Waals surface area contributed by atoms with Crippen LogP contribution in [0, 0.1) is 0 Å². The van der Waals surface area contributed by atoms with Gasteiger partial charge in [-0.3, -0.25) is 9.59 Å². The Morgan fingerprint density at radius 1 is 1.19 bits per heavy atom. The maximum Gasteiger partial charge on any atom is 0.245 e. The van der Waals surface area contributed by atoms with Crippen molar-refractivity contribution in [3.05, 3.63) is 58.6 Å². The molecule has 1 heterocycles. The van der Waals surface area contributed by atoms with Gasteiger partial charge in [0.1, 0.15) is 6.61 Å². The Hall–Kier alpha value is -1.97. The molecule has 0 aliphatic carbocycles. The first-order valence-electron chi connectivity index (χ1n) is 9.73. The van der Waals surface area contributed by atoms with E-state index in [2.05, 4.69) is 0 Å². The van der Waals surface area contributed by atoms with Gasteiger partial charge >= 0.3 is 0 Å². The topological polar surface area (TPSA) is 107 Å². The predicted molar refractivity (Wildman–Crippen MR) is 126 cm³/mol. The molecule has 3 rings (SSSR count). The van der Waals surface area contributed by atoms with Crippen LogP contribution in [0.5, 0.6) is 0 Å². The predicted octanol–water partition coefficient (Wildman–Crippen LogP) is 3.41. The number of ether oxygens (including phenoxy) is 1. The molecule has 0 unspecified atom stereocenters. The van der Waals surface area contributed by atoms with Gasteiger partial charge in [-0.25, -0.2) is 8.42 Å². The second-order valence-electron chi connectivity index (χ2n) is 8.45. The molecule has 2 N–H and O–H groups in total. The lowest BCUT2D eigenvalue weighted by Crippen LogP contribution is -2.45. The molecule has 1 amide bonds. The minimum absolute atomic E-state index is 0. The third kappa shape index (κ3) is 6.08. The van der Waals surface area contributed by atoms with Gasteiger partial charge in [0.15, 0.2) is 15.6 Å². The van der Waals surface area contributed by atoms with Crippen molar-refractivity contribution in [1.29, 1.82) is 0 Å². The van der Waals surface area contributed by atoms with Gasteiger partial charge in [0.2, 0.25) is 5.91 Å². The Kier molecular flexibility index (Phi) is 8.12. The van der Waals surface area contributed by atoms with Gasteiger partial charge in [-0.15, -0.1) is 12.4 Å². The summed E-state index contributed by atoms with van der Waals surface area (Å²) >= 11 is 5.94. The number of carbonyl (C=O) groups excluding carboxylic acids is 2. The van der Waals surface area contributed by atoms with E-state index < -0.39 is 33.1 Å². The van der Waals surface area contributed by atoms with Crippen molar-refractivity contribution in [3.8, 4) is 0 Å². The van der Waals surface area contributed by atoms with E-state index in [0.29, 0.717) is 5.02 Å². The summed E-state index contributed by atoms with van der Waals surface area (Å²) in [7, 11) is -3.82. The van der Waals surface area contributed by atoms with Crippen LogP contribution in [0.15, 0.2) is 47.4 Å². The minimum atomic E-state index is -3.82. The number of benzene rings is 2. The number of nitrogens with zero attached hydrogens (tertiary/aromatic N) is 1. The summed E-state index contributed by atoms with van der Waals surface area (Å²) in [4.78, 5) is 26.9. The number of carbonyl (C=O) groups is 2. The summed E-state index contributed by atoms with van der Waals surface area (Å²) in [5.41, 5.74) is 6.54. The average Bonchev–Trinajstić information content (AvgIpc) is 2.75. The summed E-state index contributed by atoms with van der Waals surface area (Å²) in [6, 6.07) is 9.85. The second-order valence-corrected chi connectivity index (χ2v) is 10.9. The molecular formula is C22H26Cl2N2O5S. The highest BCUT2D eigenvalue weighted by Gasteiger charge is 2.36. The number of ketones is 1. The van der Waals surface area contributed by atoms with Gasteiger partial charge in [0, 0.05) is 10.6 Å². The summed E-state index contributed by atoms with van der Waals surface area (Å²) in [6.07, 6.45) is 0. The van der Waals surface area contributed by atoms with E-state index in [1.807, 2.05) is 20.8 Å². The van der Waals surface area contributed by atoms with Crippen molar-refractivity contribution in [2.45, 2.75) is 43.9 Å². The van der Waals surface area contributed by atoms with Gasteiger partial charge in [-0.2, -0.15) is 0 Å². The number of sulfone groups is 1. The lowest BCUT2D eigenvalue weighted by Gasteiger charge is -2.25. The first-order valence-corrected chi connectivity index (χ1v) is 11.8. The highest BCUT2D eigenvalue weighted by atomic mass is 35.5. The standard InChI is InChI=1S/C22H25ClN2O5S.ClH/c1-22(2,3)30-12-19(26)15-6-9-20-18(10-15)25(11-14-4-7-16(23)8-5-14)21(27)17(24)13-31(20,28)29;/h4-10,17H,11-13,24H2,1-3H3;1H/t17-;/m0./s1. The van der Waals surface area contributed by atoms with Crippen LogP contribution in [0.1, 0.15) is 36.7 Å². The third-order valence-corrected chi connectivity index (χ3v) is 6.84. The zero-order valence-electron chi connectivity index (χ0n) is 18.0. The highest BCUT2D eigenvalue weighted by Crippen LogP contribution is 2.33. The molecule has 0 aromatic heterocycles. The van der Waals surface area contributed by atoms with Crippen LogP contribution >= 0.6 is 24.0 Å². The fourth-order valence-corrected chi connectivity index (χ4v) is 4.87. The summed E-state index contributed by atoms with van der Waals surface area (Å²) in [5.74, 6) is -1.36. The van der Waals surface area contributed by atoms with Gasteiger partial charge in [0.25, 0.3) is 0 Å². The zero-order chi connectivity index (χ0) is 23.0. The molecule has 10 heteroatoms. The molecule has 2 aromatic rings. The van der Waals surface area contributed by atoms with Crippen molar-refractivity contribution in [2.75, 3.05) is 17.3 Å². The van der Waals surface area contributed by atoms with E-state index in [9.17, 15) is 18.0 Å². The van der Waals surface area contributed by atoms with E-state index in [4.69, 9.17) is 22.1 Å². The molecular weight excluding hydrogens is 475 g/mol. The van der Waals surface area contributed by atoms with E-state index in [-0.39, 0.29) is 47.5 Å². The Labute approximate surface area is 199 Å². The van der Waals surface area contributed by atoms with Gasteiger partial charge in [0.05, 0.1) is 34.5 Å². The number of nitrogens with two attached hydrogens (primary N) is 1. The van der Waals surface area contributed by atoms with Crippen LogP contribution in [0.2, 0.25) is 5.02 Å². The van der Waals surface area contributed by atoms with Crippen molar-refractivity contribution in [1.82, 2.24) is 0 Å². The molecule has 1 aliphatic rings. The maximum absolute atomic E-state index is 13.0. The van der Waals surface area contributed by atoms with E-state index >= 15 is 0 Å². The number of fused-ring (bicyclic) bond motifs is 1. The number of hydrogen-bond donors (Lipinski definition) is 1. The Balaban J connectivity index is 0.00000363. The van der Waals surface area contributed by atoms with Crippen LogP contribution in [-0.2, 0) is 25.9 Å². The van der Waals surface area contributed by atoms with Crippen molar-refractivity contribution < 1.29 is 22.7 Å². The van der Waals surface area contributed by atoms with E-state index in [1.54, 1.807) is 24.3 Å². The molecule has 0 radical (unpaired) electrons. The van der Waals surface area contributed by atoms with Crippen molar-refractivity contribution >= 4 is 51.2 Å². The molecule has 0 fully saturated rings. The van der Waals surface area contributed by atoms with Crippen LogP contribution in [0.3, 0.4) is 0 Å². The van der Waals surface area contributed by atoms with Crippen molar-refractivity contribution in [3.63, 3.8) is 0 Å². The normalized spacial score (nSPS) is 17.8. The molecule has 174 valence electrons. The minimum Gasteiger partial charge on any atom is -0.368 e. The fraction of sp³-hybridized carbons (Fsp3) is 0.364. The lowest BCUT2D eigenvalue weighted by atomic mass is 10.1. The number of hydrogen-bond acceptors (Lipinski definition) is 6. The number of Topliss-reactive ketones (excluding diaryl/α,β-unsaturated/α-hetero) is 1. The van der Waals surface area contributed by atoms with E-state index in [0.717, 1.165) is 5.56 Å². The molecule has 0 saturated heterocycles. The highest BCUT2D eigenvalue weighted by molar-refractivity contribution is 7.91. The number of halogens is 2. The molecule has 0 spiro atoms. The van der Waals surface area contributed by atoms with Crippen LogP contribution in [0.25, 0.3) is 0 Å². The SMILES string of the molecule is CC(C)(C)OCC(=O)c1ccc2c(c1)N(Cc1ccc(Cl)cc1)C(=O)[C@@H](N)CS2(=O)=O.Cl. The molecule has 1 atom stereocenters. The Morgan fingerprint density at radius 2 is 1.81 bits per heavy atom. The molecule has 0 bridgehead atoms. The van der Waals surface area contributed by atoms with E-state index in [1.165, 1.54) is 23.1 Å². The zero-order valence-corrected chi connectivity index (χ0v) is 20.4. The number of anilines is 1. The van der Waals surface area contributed by atoms with Crippen molar-refractivity contribution in [2.24, 2.45) is 5.73 Å². The summed E-state index contributed by atoms with van der Waals surface area (Å²) in [5, 5.41) is 0.539. The summed E-state index contributed by atoms with van der Waals surface area (Å²) in [6.45, 7) is 5.41. The molecule has 0 saturated carbocycles. The molecule has 2 aromatic carbocycles. The lowest BCUT2D eigenvalue weighted by molar-refractivity contribution is -0.119. The van der Waals surface area contributed by atoms with Crippen LogP contribution in [-0.4, -0.2) is 44.1 Å². The van der Waals surface area contributed by atoms with Gasteiger partial charge in [-0.1, -0.05) is 23.7 Å². The molecule has 7 nitrogen and oxygen atoms in total. The largest absolute Gasteiger partial charge is 0.368 e. The smallest absolute Gasteiger partial charge is 0.245 e. The fourth-order valence-electron chi connectivity index (χ4n) is 3.18. The maximum atomic E-state index is 13.0. The number of rotatable bonds is 5. The Morgan fingerprint density at radius 3 is 2.41 bits per heavy atom. The Bertz CT molecular complexity index is 1110. The third-order valence-electron chi connectivity index (χ3n) is 4.78. The van der Waals surface area contributed by atoms with Crippen LogP contribution < -0.4 is 10.6 Å². The van der Waals surface area contributed by atoms with Gasteiger partial charge < -0.3 is 15.4 Å². The first kappa shape index (κ1) is 26.3. The quantitative estimate of drug-likeness (QED) is 0.630. The second kappa shape index (κ2) is 9.89. The number of amides is 1. The first-order chi connectivity index (χ1) is 14.4. The monoisotopic (exact) mass is 500 g/mol. The van der Waals surface area contributed by atoms with Gasteiger partial charge in [-0.05, 0) is 56.7 Å².